The normalized spacial score (nSPS) is 38.6. The van der Waals surface area contributed by atoms with E-state index < -0.39 is 0 Å². The summed E-state index contributed by atoms with van der Waals surface area (Å²) in [6, 6.07) is -0.0534. The molecule has 0 aromatic rings. The number of nitrogens with two attached hydrogens (primary N) is 1. The molecule has 0 aromatic heterocycles. The van der Waals surface area contributed by atoms with Crippen molar-refractivity contribution in [1.82, 2.24) is 0 Å². The van der Waals surface area contributed by atoms with Gasteiger partial charge in [-0.1, -0.05) is 24.8 Å². The Balaban J connectivity index is 2.01. The van der Waals surface area contributed by atoms with Crippen LogP contribution in [0, 0.1) is 17.8 Å². The lowest BCUT2D eigenvalue weighted by molar-refractivity contribution is -0.148. The predicted octanol–water partition coefficient (Wildman–Crippen LogP) is 0.865. The molecule has 0 saturated heterocycles. The van der Waals surface area contributed by atoms with Crippen LogP contribution in [0.2, 0.25) is 0 Å². The molecule has 2 rings (SSSR count). The standard InChI is InChI=1S/C11H15NO2/c1-2-5-14-11(13)9-7-3-4-8(6-7)10(9)12/h2-4,7-10H,1,5-6,12H2/t7-,8+,9+,10-/m1/s1. The fourth-order valence-corrected chi connectivity index (χ4v) is 2.43. The molecule has 2 aliphatic carbocycles. The zero-order chi connectivity index (χ0) is 10.1. The van der Waals surface area contributed by atoms with Crippen molar-refractivity contribution in [3.05, 3.63) is 24.8 Å². The minimum atomic E-state index is -0.172. The van der Waals surface area contributed by atoms with Crippen LogP contribution in [0.25, 0.3) is 0 Å². The molecule has 0 heterocycles. The SMILES string of the molecule is C=CCOC(=O)[C@@H]1[C@H](N)[C@H]2C=C[C@@H]1C2. The molecule has 0 aromatic carbocycles. The van der Waals surface area contributed by atoms with E-state index in [2.05, 4.69) is 18.7 Å². The molecule has 4 atom stereocenters. The van der Waals surface area contributed by atoms with E-state index >= 15 is 0 Å². The molecule has 2 aliphatic rings. The van der Waals surface area contributed by atoms with Gasteiger partial charge in [-0.15, -0.1) is 0 Å². The van der Waals surface area contributed by atoms with Crippen LogP contribution >= 0.6 is 0 Å². The Bertz CT molecular complexity index is 285. The molecular formula is C11H15NO2. The third kappa shape index (κ3) is 1.38. The largest absolute Gasteiger partial charge is 0.461 e. The minimum absolute atomic E-state index is 0.0534. The molecule has 0 amide bonds. The van der Waals surface area contributed by atoms with Crippen molar-refractivity contribution in [3.8, 4) is 0 Å². The molecular weight excluding hydrogens is 178 g/mol. The zero-order valence-corrected chi connectivity index (χ0v) is 8.06. The highest BCUT2D eigenvalue weighted by molar-refractivity contribution is 5.75. The zero-order valence-electron chi connectivity index (χ0n) is 8.06. The molecule has 2 bridgehead atoms. The molecule has 76 valence electrons. The highest BCUT2D eigenvalue weighted by Crippen LogP contribution is 2.43. The molecule has 3 heteroatoms. The van der Waals surface area contributed by atoms with E-state index in [0.717, 1.165) is 6.42 Å². The fraction of sp³-hybridized carbons (Fsp3) is 0.545. The van der Waals surface area contributed by atoms with E-state index in [4.69, 9.17) is 10.5 Å². The smallest absolute Gasteiger partial charge is 0.311 e. The first-order valence-corrected chi connectivity index (χ1v) is 4.95. The number of fused-ring (bicyclic) bond motifs is 2. The first-order valence-electron chi connectivity index (χ1n) is 4.95. The van der Waals surface area contributed by atoms with Crippen LogP contribution in [0.15, 0.2) is 24.8 Å². The van der Waals surface area contributed by atoms with E-state index in [1.807, 2.05) is 0 Å². The Kier molecular flexibility index (Phi) is 2.42. The van der Waals surface area contributed by atoms with Crippen LogP contribution < -0.4 is 5.73 Å². The molecule has 14 heavy (non-hydrogen) atoms. The van der Waals surface area contributed by atoms with Gasteiger partial charge in [-0.25, -0.2) is 0 Å². The summed E-state index contributed by atoms with van der Waals surface area (Å²) >= 11 is 0. The lowest BCUT2D eigenvalue weighted by Gasteiger charge is -2.22. The number of hydrogen-bond acceptors (Lipinski definition) is 3. The highest BCUT2D eigenvalue weighted by Gasteiger charge is 2.47. The van der Waals surface area contributed by atoms with Gasteiger partial charge in [-0.2, -0.15) is 0 Å². The minimum Gasteiger partial charge on any atom is -0.461 e. The van der Waals surface area contributed by atoms with Crippen molar-refractivity contribution in [3.63, 3.8) is 0 Å². The lowest BCUT2D eigenvalue weighted by atomic mass is 9.90. The number of allylic oxidation sites excluding steroid dienone is 1. The summed E-state index contributed by atoms with van der Waals surface area (Å²) in [6.07, 6.45) is 6.79. The summed E-state index contributed by atoms with van der Waals surface area (Å²) in [5.41, 5.74) is 5.96. The van der Waals surface area contributed by atoms with Crippen molar-refractivity contribution < 1.29 is 9.53 Å². The summed E-state index contributed by atoms with van der Waals surface area (Å²) in [5, 5.41) is 0. The predicted molar refractivity (Wildman–Crippen MR) is 53.4 cm³/mol. The van der Waals surface area contributed by atoms with Gasteiger partial charge in [0.2, 0.25) is 0 Å². The van der Waals surface area contributed by atoms with Crippen molar-refractivity contribution in [2.45, 2.75) is 12.5 Å². The topological polar surface area (TPSA) is 52.3 Å². The Labute approximate surface area is 83.6 Å². The van der Waals surface area contributed by atoms with E-state index in [1.54, 1.807) is 6.08 Å². The molecule has 1 fully saturated rings. The summed E-state index contributed by atoms with van der Waals surface area (Å²) in [5.74, 6) is 0.368. The van der Waals surface area contributed by atoms with Crippen LogP contribution in [-0.2, 0) is 9.53 Å². The Morgan fingerprint density at radius 1 is 1.57 bits per heavy atom. The maximum atomic E-state index is 11.6. The number of ether oxygens (including phenoxy) is 1. The van der Waals surface area contributed by atoms with E-state index in [0.29, 0.717) is 11.8 Å². The summed E-state index contributed by atoms with van der Waals surface area (Å²) in [7, 11) is 0. The number of rotatable bonds is 3. The average molecular weight is 193 g/mol. The molecule has 2 N–H and O–H groups in total. The Morgan fingerprint density at radius 3 is 2.86 bits per heavy atom. The molecule has 1 saturated carbocycles. The molecule has 0 aliphatic heterocycles. The number of hydrogen-bond donors (Lipinski definition) is 1. The van der Waals surface area contributed by atoms with Gasteiger partial charge in [-0.05, 0) is 18.3 Å². The molecule has 3 nitrogen and oxygen atoms in total. The maximum Gasteiger partial charge on any atom is 0.311 e. The van der Waals surface area contributed by atoms with Crippen molar-refractivity contribution in [1.29, 1.82) is 0 Å². The highest BCUT2D eigenvalue weighted by atomic mass is 16.5. The van der Waals surface area contributed by atoms with E-state index in [-0.39, 0.29) is 24.5 Å². The molecule has 0 spiro atoms. The molecule has 0 unspecified atom stereocenters. The molecule has 0 radical (unpaired) electrons. The number of carbonyl (C=O) groups is 1. The third-order valence-corrected chi connectivity index (χ3v) is 3.14. The van der Waals surface area contributed by atoms with Crippen LogP contribution in [0.3, 0.4) is 0 Å². The maximum absolute atomic E-state index is 11.6. The fourth-order valence-electron chi connectivity index (χ4n) is 2.43. The van der Waals surface area contributed by atoms with Crippen LogP contribution in [0.1, 0.15) is 6.42 Å². The summed E-state index contributed by atoms with van der Waals surface area (Å²) in [4.78, 5) is 11.6. The Hall–Kier alpha value is -1.09. The second kappa shape index (κ2) is 3.58. The van der Waals surface area contributed by atoms with Crippen molar-refractivity contribution in [2.75, 3.05) is 6.61 Å². The number of carbonyl (C=O) groups excluding carboxylic acids is 1. The van der Waals surface area contributed by atoms with Crippen molar-refractivity contribution >= 4 is 5.97 Å². The quantitative estimate of drug-likeness (QED) is 0.534. The van der Waals surface area contributed by atoms with Gasteiger partial charge in [-0.3, -0.25) is 4.79 Å². The van der Waals surface area contributed by atoms with Crippen LogP contribution in [0.5, 0.6) is 0 Å². The van der Waals surface area contributed by atoms with E-state index in [9.17, 15) is 4.79 Å². The second-order valence-corrected chi connectivity index (χ2v) is 3.97. The second-order valence-electron chi connectivity index (χ2n) is 3.97. The lowest BCUT2D eigenvalue weighted by Crippen LogP contribution is -2.39. The van der Waals surface area contributed by atoms with Gasteiger partial charge < -0.3 is 10.5 Å². The van der Waals surface area contributed by atoms with Crippen LogP contribution in [0.4, 0.5) is 0 Å². The monoisotopic (exact) mass is 193 g/mol. The van der Waals surface area contributed by atoms with Gasteiger partial charge in [0.15, 0.2) is 0 Å². The average Bonchev–Trinajstić information content (AvgIpc) is 2.74. The van der Waals surface area contributed by atoms with Gasteiger partial charge >= 0.3 is 5.97 Å². The van der Waals surface area contributed by atoms with Gasteiger partial charge in [0.1, 0.15) is 6.61 Å². The van der Waals surface area contributed by atoms with Gasteiger partial charge in [0, 0.05) is 6.04 Å². The Morgan fingerprint density at radius 2 is 2.29 bits per heavy atom. The van der Waals surface area contributed by atoms with Gasteiger partial charge in [0.05, 0.1) is 5.92 Å². The van der Waals surface area contributed by atoms with E-state index in [1.165, 1.54) is 0 Å². The third-order valence-electron chi connectivity index (χ3n) is 3.14. The van der Waals surface area contributed by atoms with Crippen molar-refractivity contribution in [2.24, 2.45) is 23.5 Å². The van der Waals surface area contributed by atoms with Gasteiger partial charge in [0.25, 0.3) is 0 Å². The first-order chi connectivity index (χ1) is 6.74. The number of esters is 1. The summed E-state index contributed by atoms with van der Waals surface area (Å²) < 4.78 is 5.03. The summed E-state index contributed by atoms with van der Waals surface area (Å²) in [6.45, 7) is 3.78. The van der Waals surface area contributed by atoms with Crippen LogP contribution in [-0.4, -0.2) is 18.6 Å². The first kappa shape index (κ1) is 9.46.